The molecule has 0 unspecified atom stereocenters. The van der Waals surface area contributed by atoms with E-state index in [0.29, 0.717) is 28.8 Å². The molecule has 4 aromatic rings. The fourth-order valence-corrected chi connectivity index (χ4v) is 3.72. The summed E-state index contributed by atoms with van der Waals surface area (Å²) < 4.78 is 16.9. The molecule has 1 saturated heterocycles. The lowest BCUT2D eigenvalue weighted by Gasteiger charge is -2.28. The van der Waals surface area contributed by atoms with E-state index < -0.39 is 5.82 Å². The van der Waals surface area contributed by atoms with E-state index in [2.05, 4.69) is 42.6 Å². The first kappa shape index (κ1) is 22.7. The molecular weight excluding hydrogens is 443 g/mol. The molecule has 34 heavy (non-hydrogen) atoms. The Balaban J connectivity index is 0.000000868. The van der Waals surface area contributed by atoms with Crippen molar-refractivity contribution < 1.29 is 14.3 Å². The summed E-state index contributed by atoms with van der Waals surface area (Å²) in [5.74, 6) is -0.150. The van der Waals surface area contributed by atoms with Crippen LogP contribution in [0.2, 0.25) is 0 Å². The van der Waals surface area contributed by atoms with E-state index in [1.807, 2.05) is 16.9 Å². The lowest BCUT2D eigenvalue weighted by atomic mass is 10.1. The zero-order valence-electron chi connectivity index (χ0n) is 18.2. The number of fused-ring (bicyclic) bond motifs is 1. The predicted molar refractivity (Wildman–Crippen MR) is 119 cm³/mol. The number of hydrogen-bond acceptors (Lipinski definition) is 9. The Labute approximate surface area is 193 Å². The Kier molecular flexibility index (Phi) is 6.69. The first-order valence-corrected chi connectivity index (χ1v) is 10.4. The number of carbonyl (C=O) groups is 1. The van der Waals surface area contributed by atoms with E-state index in [0.717, 1.165) is 37.7 Å². The van der Waals surface area contributed by atoms with Crippen molar-refractivity contribution in [3.05, 3.63) is 48.2 Å². The molecule has 0 aliphatic carbocycles. The van der Waals surface area contributed by atoms with Gasteiger partial charge in [-0.15, -0.1) is 5.10 Å². The van der Waals surface area contributed by atoms with Gasteiger partial charge in [-0.25, -0.2) is 9.37 Å². The highest BCUT2D eigenvalue weighted by atomic mass is 19.1. The molecule has 4 heterocycles. The van der Waals surface area contributed by atoms with E-state index in [1.165, 1.54) is 16.8 Å². The highest BCUT2D eigenvalue weighted by Gasteiger charge is 2.19. The average molecular weight is 464 g/mol. The highest BCUT2D eigenvalue weighted by Crippen LogP contribution is 2.24. The number of piperidine rings is 1. The van der Waals surface area contributed by atoms with E-state index in [-0.39, 0.29) is 12.0 Å². The molecule has 0 radical (unpaired) electrons. The van der Waals surface area contributed by atoms with E-state index in [4.69, 9.17) is 9.90 Å². The number of anilines is 2. The minimum Gasteiger partial charge on any atom is -0.483 e. The van der Waals surface area contributed by atoms with E-state index >= 15 is 0 Å². The molecule has 0 atom stereocenters. The van der Waals surface area contributed by atoms with Crippen molar-refractivity contribution in [3.63, 3.8) is 0 Å². The molecule has 1 aliphatic heterocycles. The number of likely N-dealkylation sites (tertiary alicyclic amines) is 1. The van der Waals surface area contributed by atoms with Crippen LogP contribution in [-0.2, 0) is 4.79 Å². The first-order chi connectivity index (χ1) is 16.5. The van der Waals surface area contributed by atoms with Crippen molar-refractivity contribution in [3.8, 4) is 11.8 Å². The number of rotatable bonds is 4. The van der Waals surface area contributed by atoms with Gasteiger partial charge in [-0.05, 0) is 51.2 Å². The van der Waals surface area contributed by atoms with Gasteiger partial charge < -0.3 is 15.3 Å². The van der Waals surface area contributed by atoms with Gasteiger partial charge in [-0.1, -0.05) is 5.21 Å². The summed E-state index contributed by atoms with van der Waals surface area (Å²) in [7, 11) is 2.13. The molecule has 0 bridgehead atoms. The third-order valence-electron chi connectivity index (χ3n) is 5.42. The third-order valence-corrected chi connectivity index (χ3v) is 5.42. The smallest absolute Gasteiger partial charge is 0.290 e. The van der Waals surface area contributed by atoms with Crippen LogP contribution in [0.25, 0.3) is 16.9 Å². The average Bonchev–Trinajstić information content (AvgIpc) is 3.47. The van der Waals surface area contributed by atoms with E-state index in [1.54, 1.807) is 12.4 Å². The predicted octanol–water partition coefficient (Wildman–Crippen LogP) is 2.13. The van der Waals surface area contributed by atoms with Crippen LogP contribution in [0, 0.1) is 17.1 Å². The van der Waals surface area contributed by atoms with Crippen LogP contribution >= 0.6 is 0 Å². The highest BCUT2D eigenvalue weighted by molar-refractivity contribution is 5.73. The van der Waals surface area contributed by atoms with E-state index in [9.17, 15) is 9.65 Å². The monoisotopic (exact) mass is 464 g/mol. The van der Waals surface area contributed by atoms with Gasteiger partial charge in [0.2, 0.25) is 5.95 Å². The van der Waals surface area contributed by atoms with Gasteiger partial charge in [0, 0.05) is 6.20 Å². The molecule has 1 fully saturated rings. The molecule has 0 spiro atoms. The Morgan fingerprint density at radius 1 is 1.29 bits per heavy atom. The van der Waals surface area contributed by atoms with Crippen LogP contribution in [0.5, 0.6) is 0 Å². The number of benzene rings is 1. The molecule has 0 saturated carbocycles. The number of halogens is 1. The summed E-state index contributed by atoms with van der Waals surface area (Å²) in [4.78, 5) is 19.5. The Morgan fingerprint density at radius 2 is 2.06 bits per heavy atom. The second kappa shape index (κ2) is 10.0. The van der Waals surface area contributed by atoms with Crippen molar-refractivity contribution in [2.75, 3.05) is 25.5 Å². The van der Waals surface area contributed by atoms with Crippen LogP contribution in [0.3, 0.4) is 0 Å². The van der Waals surface area contributed by atoms with Crippen molar-refractivity contribution in [1.29, 1.82) is 5.26 Å². The molecule has 2 N–H and O–H groups in total. The SMILES string of the molecule is CN1CCC(n2cc(Nc3ncc4nnn(-c5ccc(F)cc5C#N)c4n3)cn2)CC1.O=CO. The maximum atomic E-state index is 13.5. The second-order valence-corrected chi connectivity index (χ2v) is 7.65. The molecule has 12 nitrogen and oxygen atoms in total. The first-order valence-electron chi connectivity index (χ1n) is 10.4. The van der Waals surface area contributed by atoms with Crippen molar-refractivity contribution in [2.45, 2.75) is 18.9 Å². The lowest BCUT2D eigenvalue weighted by Crippen LogP contribution is -2.31. The molecule has 0 amide bonds. The van der Waals surface area contributed by atoms with Gasteiger partial charge in [-0.2, -0.15) is 20.0 Å². The van der Waals surface area contributed by atoms with Gasteiger partial charge in [0.1, 0.15) is 11.9 Å². The molecule has 3 aromatic heterocycles. The molecule has 174 valence electrons. The molecule has 13 heteroatoms. The Hall–Kier alpha value is -4.44. The van der Waals surface area contributed by atoms with Gasteiger partial charge in [-0.3, -0.25) is 9.48 Å². The zero-order chi connectivity index (χ0) is 24.1. The summed E-state index contributed by atoms with van der Waals surface area (Å²) in [6.45, 7) is 1.86. The zero-order valence-corrected chi connectivity index (χ0v) is 18.2. The van der Waals surface area contributed by atoms with Crippen molar-refractivity contribution in [1.82, 2.24) is 39.6 Å². The normalized spacial score (nSPS) is 14.3. The fourth-order valence-electron chi connectivity index (χ4n) is 3.72. The van der Waals surface area contributed by atoms with Crippen LogP contribution < -0.4 is 5.32 Å². The van der Waals surface area contributed by atoms with Crippen molar-refractivity contribution >= 4 is 29.3 Å². The number of carboxylic acid groups (broad SMARTS) is 1. The van der Waals surface area contributed by atoms with Crippen LogP contribution in [-0.4, -0.2) is 71.4 Å². The van der Waals surface area contributed by atoms with Crippen LogP contribution in [0.15, 0.2) is 36.8 Å². The number of nitrogens with one attached hydrogen (secondary N) is 1. The maximum absolute atomic E-state index is 13.5. The molecule has 5 rings (SSSR count). The molecular formula is C21H21FN10O2. The Bertz CT molecular complexity index is 1340. The lowest BCUT2D eigenvalue weighted by molar-refractivity contribution is -0.122. The van der Waals surface area contributed by atoms with Gasteiger partial charge in [0.05, 0.1) is 35.4 Å². The third kappa shape index (κ3) is 4.81. The molecule has 1 aromatic carbocycles. The van der Waals surface area contributed by atoms with Crippen molar-refractivity contribution in [2.24, 2.45) is 0 Å². The number of aromatic nitrogens is 7. The second-order valence-electron chi connectivity index (χ2n) is 7.65. The van der Waals surface area contributed by atoms with Gasteiger partial charge in [0.25, 0.3) is 6.47 Å². The van der Waals surface area contributed by atoms with Crippen LogP contribution in [0.4, 0.5) is 16.0 Å². The van der Waals surface area contributed by atoms with Gasteiger partial charge >= 0.3 is 0 Å². The Morgan fingerprint density at radius 3 is 2.79 bits per heavy atom. The van der Waals surface area contributed by atoms with Gasteiger partial charge in [0.15, 0.2) is 11.2 Å². The topological polar surface area (TPSA) is 151 Å². The number of hydrogen-bond donors (Lipinski definition) is 2. The van der Waals surface area contributed by atoms with Crippen LogP contribution in [0.1, 0.15) is 24.4 Å². The largest absolute Gasteiger partial charge is 0.483 e. The molecule has 1 aliphatic rings. The fraction of sp³-hybridized carbons (Fsp3) is 0.286. The number of nitriles is 1. The summed E-state index contributed by atoms with van der Waals surface area (Å²) in [6, 6.07) is 6.25. The standard InChI is InChI=1S/C20H19FN10.CH2O2/c1-29-6-4-16(5-7-29)30-12-15(10-24-30)25-20-23-11-17-19(26-20)31(28-27-17)18-3-2-14(21)8-13(18)9-22;2-1-3/h2-3,8,10-12,16H,4-7H2,1H3,(H,23,25,26);1H,(H,2,3). The minimum absolute atomic E-state index is 0.138. The summed E-state index contributed by atoms with van der Waals surface area (Å²) in [6.07, 6.45) is 7.36. The minimum atomic E-state index is -0.497. The summed E-state index contributed by atoms with van der Waals surface area (Å²) >= 11 is 0. The quantitative estimate of drug-likeness (QED) is 0.430. The number of nitrogens with zero attached hydrogens (tertiary/aromatic N) is 9. The maximum Gasteiger partial charge on any atom is 0.290 e. The summed E-state index contributed by atoms with van der Waals surface area (Å²) in [5.41, 5.74) is 2.17. The summed E-state index contributed by atoms with van der Waals surface area (Å²) in [5, 5.41) is 32.0.